The first-order valence-electron chi connectivity index (χ1n) is 5.63. The Morgan fingerprint density at radius 2 is 1.82 bits per heavy atom. The first-order valence-corrected chi connectivity index (χ1v) is 5.63. The Bertz CT molecular complexity index is 364. The van der Waals surface area contributed by atoms with Gasteiger partial charge in [-0.15, -0.1) is 0 Å². The van der Waals surface area contributed by atoms with Crippen LogP contribution in [-0.2, 0) is 0 Å². The van der Waals surface area contributed by atoms with E-state index in [0.29, 0.717) is 17.9 Å². The Morgan fingerprint density at radius 1 is 1.18 bits per heavy atom. The van der Waals surface area contributed by atoms with Gasteiger partial charge in [-0.3, -0.25) is 0 Å². The van der Waals surface area contributed by atoms with Crippen LogP contribution in [0.3, 0.4) is 0 Å². The molecule has 0 saturated heterocycles. The van der Waals surface area contributed by atoms with Gasteiger partial charge in [0.1, 0.15) is 0 Å². The van der Waals surface area contributed by atoms with Gasteiger partial charge in [-0.2, -0.15) is 0 Å². The summed E-state index contributed by atoms with van der Waals surface area (Å²) >= 11 is 0. The van der Waals surface area contributed by atoms with Gasteiger partial charge in [-0.05, 0) is 32.4 Å². The Hall–Kier alpha value is -1.42. The van der Waals surface area contributed by atoms with Crippen LogP contribution in [0.5, 0.6) is 11.5 Å². The van der Waals surface area contributed by atoms with Crippen LogP contribution in [0.4, 0.5) is 5.69 Å². The second-order valence-corrected chi connectivity index (χ2v) is 4.55. The lowest BCUT2D eigenvalue weighted by Crippen LogP contribution is -2.31. The molecule has 2 N–H and O–H groups in total. The molecular formula is C13H21NO3. The zero-order chi connectivity index (χ0) is 12.9. The van der Waals surface area contributed by atoms with Gasteiger partial charge in [0.15, 0.2) is 11.5 Å². The van der Waals surface area contributed by atoms with Gasteiger partial charge in [0, 0.05) is 23.9 Å². The molecule has 0 saturated carbocycles. The number of rotatable bonds is 6. The highest BCUT2D eigenvalue weighted by atomic mass is 16.5. The van der Waals surface area contributed by atoms with Crippen LogP contribution in [-0.4, -0.2) is 31.5 Å². The van der Waals surface area contributed by atoms with E-state index in [1.807, 2.05) is 32.0 Å². The molecule has 4 nitrogen and oxygen atoms in total. The number of ether oxygens (including phenoxy) is 2. The Morgan fingerprint density at radius 3 is 2.35 bits per heavy atom. The molecule has 0 unspecified atom stereocenters. The van der Waals surface area contributed by atoms with Gasteiger partial charge in [0.05, 0.1) is 14.2 Å². The fourth-order valence-corrected chi connectivity index (χ4v) is 1.65. The third-order valence-corrected chi connectivity index (χ3v) is 2.60. The summed E-state index contributed by atoms with van der Waals surface area (Å²) in [7, 11) is 3.22. The number of benzene rings is 1. The molecule has 0 aliphatic rings. The van der Waals surface area contributed by atoms with E-state index in [0.717, 1.165) is 5.69 Å². The van der Waals surface area contributed by atoms with E-state index in [4.69, 9.17) is 14.6 Å². The highest BCUT2D eigenvalue weighted by Gasteiger charge is 2.17. The van der Waals surface area contributed by atoms with Crippen molar-refractivity contribution in [2.75, 3.05) is 26.1 Å². The quantitative estimate of drug-likeness (QED) is 0.799. The fraction of sp³-hybridized carbons (Fsp3) is 0.538. The number of aliphatic hydroxyl groups excluding tert-OH is 1. The zero-order valence-corrected chi connectivity index (χ0v) is 10.9. The largest absolute Gasteiger partial charge is 0.493 e. The number of nitrogens with one attached hydrogen (secondary N) is 1. The predicted octanol–water partition coefficient (Wildman–Crippen LogP) is 2.28. The van der Waals surface area contributed by atoms with Crippen LogP contribution in [0.15, 0.2) is 18.2 Å². The molecule has 0 aliphatic heterocycles. The molecule has 0 aromatic heterocycles. The molecular weight excluding hydrogens is 218 g/mol. The Balaban J connectivity index is 2.85. The number of methoxy groups -OCH3 is 2. The molecule has 4 heteroatoms. The lowest BCUT2D eigenvalue weighted by molar-refractivity contribution is 0.261. The van der Waals surface area contributed by atoms with Crippen LogP contribution >= 0.6 is 0 Å². The van der Waals surface area contributed by atoms with Crippen LogP contribution in [0, 0.1) is 0 Å². The second kappa shape index (κ2) is 5.77. The van der Waals surface area contributed by atoms with Crippen LogP contribution < -0.4 is 14.8 Å². The van der Waals surface area contributed by atoms with Crippen molar-refractivity contribution in [2.45, 2.75) is 25.8 Å². The molecule has 1 aromatic carbocycles. The molecule has 0 atom stereocenters. The molecule has 0 heterocycles. The van der Waals surface area contributed by atoms with Crippen molar-refractivity contribution in [1.29, 1.82) is 0 Å². The van der Waals surface area contributed by atoms with Crippen molar-refractivity contribution in [2.24, 2.45) is 0 Å². The van der Waals surface area contributed by atoms with Gasteiger partial charge >= 0.3 is 0 Å². The average Bonchev–Trinajstić information content (AvgIpc) is 2.28. The van der Waals surface area contributed by atoms with E-state index in [1.165, 1.54) is 0 Å². The molecule has 1 rings (SSSR count). The summed E-state index contributed by atoms with van der Waals surface area (Å²) < 4.78 is 10.4. The van der Waals surface area contributed by atoms with Gasteiger partial charge in [-0.25, -0.2) is 0 Å². The third-order valence-electron chi connectivity index (χ3n) is 2.60. The minimum Gasteiger partial charge on any atom is -0.493 e. The summed E-state index contributed by atoms with van der Waals surface area (Å²) in [5.74, 6) is 1.40. The van der Waals surface area contributed by atoms with E-state index in [9.17, 15) is 0 Å². The summed E-state index contributed by atoms with van der Waals surface area (Å²) in [4.78, 5) is 0. The van der Waals surface area contributed by atoms with Gasteiger partial charge in [-0.1, -0.05) is 0 Å². The van der Waals surface area contributed by atoms with E-state index < -0.39 is 0 Å². The van der Waals surface area contributed by atoms with E-state index in [-0.39, 0.29) is 12.1 Å². The molecule has 0 spiro atoms. The first-order chi connectivity index (χ1) is 8.02. The molecule has 96 valence electrons. The molecule has 0 fully saturated rings. The second-order valence-electron chi connectivity index (χ2n) is 4.55. The third kappa shape index (κ3) is 3.82. The van der Waals surface area contributed by atoms with Gasteiger partial charge in [0.25, 0.3) is 0 Å². The van der Waals surface area contributed by atoms with Gasteiger partial charge < -0.3 is 19.9 Å². The fourth-order valence-electron chi connectivity index (χ4n) is 1.65. The molecule has 0 aliphatic carbocycles. The standard InChI is InChI=1S/C13H21NO3/c1-13(2,7-8-15)14-10-5-6-11(16-3)12(9-10)17-4/h5-6,9,14-15H,7-8H2,1-4H3. The van der Waals surface area contributed by atoms with Crippen molar-refractivity contribution in [1.82, 2.24) is 0 Å². The van der Waals surface area contributed by atoms with Gasteiger partial charge in [0.2, 0.25) is 0 Å². The van der Waals surface area contributed by atoms with Crippen molar-refractivity contribution in [3.8, 4) is 11.5 Å². The molecule has 0 amide bonds. The first kappa shape index (κ1) is 13.6. The summed E-state index contributed by atoms with van der Waals surface area (Å²) in [6.45, 7) is 4.24. The highest BCUT2D eigenvalue weighted by molar-refractivity contribution is 5.55. The number of aliphatic hydroxyl groups is 1. The minimum atomic E-state index is -0.158. The lowest BCUT2D eigenvalue weighted by atomic mass is 10.0. The predicted molar refractivity (Wildman–Crippen MR) is 69.0 cm³/mol. The van der Waals surface area contributed by atoms with Crippen molar-refractivity contribution >= 4 is 5.69 Å². The van der Waals surface area contributed by atoms with Crippen LogP contribution in [0.1, 0.15) is 20.3 Å². The van der Waals surface area contributed by atoms with E-state index in [1.54, 1.807) is 14.2 Å². The number of hydrogen-bond donors (Lipinski definition) is 2. The minimum absolute atomic E-state index is 0.158. The topological polar surface area (TPSA) is 50.7 Å². The smallest absolute Gasteiger partial charge is 0.162 e. The van der Waals surface area contributed by atoms with Crippen LogP contribution in [0.2, 0.25) is 0 Å². The van der Waals surface area contributed by atoms with Crippen LogP contribution in [0.25, 0.3) is 0 Å². The van der Waals surface area contributed by atoms with Crippen molar-refractivity contribution in [3.05, 3.63) is 18.2 Å². The normalized spacial score (nSPS) is 11.1. The molecule has 0 radical (unpaired) electrons. The Labute approximate surface area is 103 Å². The SMILES string of the molecule is COc1ccc(NC(C)(C)CCO)cc1OC. The molecule has 0 bridgehead atoms. The van der Waals surface area contributed by atoms with E-state index in [2.05, 4.69) is 5.32 Å². The maximum atomic E-state index is 8.98. The average molecular weight is 239 g/mol. The summed E-state index contributed by atoms with van der Waals surface area (Å²) in [5.41, 5.74) is 0.787. The Kier molecular flexibility index (Phi) is 4.63. The van der Waals surface area contributed by atoms with Crippen molar-refractivity contribution < 1.29 is 14.6 Å². The monoisotopic (exact) mass is 239 g/mol. The van der Waals surface area contributed by atoms with Crippen molar-refractivity contribution in [3.63, 3.8) is 0 Å². The summed E-state index contributed by atoms with van der Waals surface area (Å²) in [6, 6.07) is 5.68. The van der Waals surface area contributed by atoms with E-state index >= 15 is 0 Å². The summed E-state index contributed by atoms with van der Waals surface area (Å²) in [5, 5.41) is 12.3. The maximum Gasteiger partial charge on any atom is 0.162 e. The molecule has 1 aromatic rings. The highest BCUT2D eigenvalue weighted by Crippen LogP contribution is 2.31. The number of anilines is 1. The summed E-state index contributed by atoms with van der Waals surface area (Å²) in [6.07, 6.45) is 0.682. The zero-order valence-electron chi connectivity index (χ0n) is 10.9. The molecule has 17 heavy (non-hydrogen) atoms. The maximum absolute atomic E-state index is 8.98. The number of hydrogen-bond acceptors (Lipinski definition) is 4. The lowest BCUT2D eigenvalue weighted by Gasteiger charge is -2.27.